The van der Waals surface area contributed by atoms with Crippen molar-refractivity contribution in [2.45, 2.75) is 114 Å². The molecule has 7 nitrogen and oxygen atoms in total. The smallest absolute Gasteiger partial charge is 0.161 e. The fourth-order valence-electron chi connectivity index (χ4n) is 8.04. The Morgan fingerprint density at radius 1 is 1.09 bits per heavy atom. The first-order valence-electron chi connectivity index (χ1n) is 17.7. The number of phenols is 1. The molecule has 3 aliphatic rings. The number of rotatable bonds is 12. The Kier molecular flexibility index (Phi) is 12.2. The molecule has 1 aromatic carbocycles. The summed E-state index contributed by atoms with van der Waals surface area (Å²) < 4.78 is 6.32. The van der Waals surface area contributed by atoms with Crippen LogP contribution in [0.25, 0.3) is 0 Å². The lowest BCUT2D eigenvalue weighted by atomic mass is 9.60. The van der Waals surface area contributed by atoms with Crippen LogP contribution in [0.2, 0.25) is 0 Å². The summed E-state index contributed by atoms with van der Waals surface area (Å²) in [6, 6.07) is 9.79. The maximum absolute atomic E-state index is 11.2. The molecule has 1 aromatic heterocycles. The van der Waals surface area contributed by atoms with Crippen LogP contribution < -0.4 is 15.8 Å². The highest BCUT2D eigenvalue weighted by Crippen LogP contribution is 2.49. The Morgan fingerprint density at radius 2 is 1.91 bits per heavy atom. The second-order valence-electron chi connectivity index (χ2n) is 13.7. The number of hydrogen-bond acceptors (Lipinski definition) is 6. The zero-order valence-corrected chi connectivity index (χ0v) is 27.6. The molecule has 46 heavy (non-hydrogen) atoms. The molecule has 5 atom stereocenters. The summed E-state index contributed by atoms with van der Waals surface area (Å²) in [7, 11) is 0. The van der Waals surface area contributed by atoms with Crippen molar-refractivity contribution in [3.63, 3.8) is 0 Å². The Morgan fingerprint density at radius 3 is 2.67 bits per heavy atom. The number of ether oxygens (including phenoxy) is 1. The molecular formula is C39H55N3O4. The van der Waals surface area contributed by atoms with Crippen LogP contribution in [0.3, 0.4) is 0 Å². The number of aliphatic hydroxyl groups excluding tert-OH is 2. The zero-order chi connectivity index (χ0) is 32.4. The highest BCUT2D eigenvalue weighted by molar-refractivity contribution is 5.42. The van der Waals surface area contributed by atoms with Gasteiger partial charge in [0.1, 0.15) is 0 Å². The largest absolute Gasteiger partial charge is 0.504 e. The van der Waals surface area contributed by atoms with Gasteiger partial charge in [0.05, 0.1) is 24.6 Å². The summed E-state index contributed by atoms with van der Waals surface area (Å²) in [6.07, 6.45) is 18.3. The zero-order valence-electron chi connectivity index (χ0n) is 27.6. The van der Waals surface area contributed by atoms with Gasteiger partial charge in [0.15, 0.2) is 11.5 Å². The molecule has 7 N–H and O–H groups in total. The van der Waals surface area contributed by atoms with Crippen LogP contribution in [0.4, 0.5) is 0 Å². The minimum absolute atomic E-state index is 0.0212. The van der Waals surface area contributed by atoms with Crippen LogP contribution in [0, 0.1) is 29.6 Å². The molecule has 0 amide bonds. The van der Waals surface area contributed by atoms with E-state index in [2.05, 4.69) is 53.4 Å². The highest BCUT2D eigenvalue weighted by Gasteiger charge is 2.43. The number of aliphatic hydroxyl groups is 2. The number of dihydropyridines is 1. The number of nitrogens with one attached hydrogen (secondary N) is 2. The summed E-state index contributed by atoms with van der Waals surface area (Å²) in [5.74, 6) is 8.31. The fourth-order valence-corrected chi connectivity index (χ4v) is 8.04. The van der Waals surface area contributed by atoms with E-state index in [4.69, 9.17) is 10.5 Å². The van der Waals surface area contributed by atoms with E-state index in [-0.39, 0.29) is 23.0 Å². The third-order valence-electron chi connectivity index (χ3n) is 10.8. The highest BCUT2D eigenvalue weighted by atomic mass is 16.5. The molecule has 1 aliphatic heterocycles. The number of benzene rings is 1. The predicted octanol–water partition coefficient (Wildman–Crippen LogP) is 6.60. The lowest BCUT2D eigenvalue weighted by Crippen LogP contribution is -2.40. The number of allylic oxidation sites excluding steroid dienone is 2. The summed E-state index contributed by atoms with van der Waals surface area (Å²) in [4.78, 5) is 3.55. The van der Waals surface area contributed by atoms with Gasteiger partial charge in [-0.25, -0.2) is 0 Å². The van der Waals surface area contributed by atoms with E-state index in [1.807, 2.05) is 18.3 Å². The van der Waals surface area contributed by atoms with Gasteiger partial charge in [0.25, 0.3) is 0 Å². The minimum atomic E-state index is -0.652. The Hall–Kier alpha value is -3.34. The van der Waals surface area contributed by atoms with Gasteiger partial charge in [0.2, 0.25) is 0 Å². The van der Waals surface area contributed by atoms with Crippen LogP contribution in [0.15, 0.2) is 60.1 Å². The van der Waals surface area contributed by atoms with Crippen LogP contribution in [0.1, 0.15) is 102 Å². The molecule has 250 valence electrons. The molecule has 2 heterocycles. The van der Waals surface area contributed by atoms with E-state index in [0.717, 1.165) is 50.5 Å². The van der Waals surface area contributed by atoms with Crippen molar-refractivity contribution < 1.29 is 20.1 Å². The Balaban J connectivity index is 1.25. The summed E-state index contributed by atoms with van der Waals surface area (Å²) >= 11 is 0. The molecule has 2 aromatic rings. The lowest BCUT2D eigenvalue weighted by Gasteiger charge is -2.44. The van der Waals surface area contributed by atoms with Gasteiger partial charge in [0, 0.05) is 42.1 Å². The van der Waals surface area contributed by atoms with E-state index in [1.54, 1.807) is 6.07 Å². The fraction of sp³-hybridized carbons (Fsp3) is 0.590. The van der Waals surface area contributed by atoms with Gasteiger partial charge in [-0.05, 0) is 98.8 Å². The molecule has 1 saturated carbocycles. The van der Waals surface area contributed by atoms with E-state index < -0.39 is 12.2 Å². The third-order valence-corrected chi connectivity index (χ3v) is 10.8. The van der Waals surface area contributed by atoms with Crippen molar-refractivity contribution in [2.75, 3.05) is 13.2 Å². The normalized spacial score (nSPS) is 24.7. The van der Waals surface area contributed by atoms with Crippen molar-refractivity contribution in [1.82, 2.24) is 10.3 Å². The third kappa shape index (κ3) is 8.52. The summed E-state index contributed by atoms with van der Waals surface area (Å²) in [5, 5.41) is 36.0. The van der Waals surface area contributed by atoms with Crippen molar-refractivity contribution in [3.8, 4) is 23.3 Å². The molecule has 0 spiro atoms. The summed E-state index contributed by atoms with van der Waals surface area (Å²) in [6.45, 7) is 3.35. The van der Waals surface area contributed by atoms with Crippen LogP contribution in [-0.4, -0.2) is 45.7 Å². The van der Waals surface area contributed by atoms with Gasteiger partial charge >= 0.3 is 0 Å². The van der Waals surface area contributed by atoms with E-state index in [0.29, 0.717) is 56.3 Å². The van der Waals surface area contributed by atoms with Crippen molar-refractivity contribution in [1.29, 1.82) is 0 Å². The second-order valence-corrected chi connectivity index (χ2v) is 13.7. The molecule has 0 saturated heterocycles. The predicted molar refractivity (Wildman–Crippen MR) is 184 cm³/mol. The number of aryl methyl sites for hydroxylation is 1. The van der Waals surface area contributed by atoms with Gasteiger partial charge in [-0.15, -0.1) is 5.92 Å². The maximum Gasteiger partial charge on any atom is 0.161 e. The van der Waals surface area contributed by atoms with Gasteiger partial charge in [-0.2, -0.15) is 0 Å². The van der Waals surface area contributed by atoms with Gasteiger partial charge in [-0.1, -0.05) is 57.1 Å². The second kappa shape index (κ2) is 16.5. The molecule has 2 aliphatic carbocycles. The van der Waals surface area contributed by atoms with Crippen molar-refractivity contribution in [3.05, 3.63) is 71.3 Å². The number of hydrogen-bond donors (Lipinski definition) is 6. The number of phenolic OH excluding ortho intramolecular Hbond substituents is 1. The molecule has 5 unspecified atom stereocenters. The first-order chi connectivity index (χ1) is 22.4. The molecular weight excluding hydrogens is 574 g/mol. The SMILES string of the molecule is CCC1C#CCC(C(O)CCc2ccc(O)c(OCCC(C3=CCNC(N)=C3)C3(c4ccc[nH]4)CCCCC3)c2)C(O)CCCC1. The van der Waals surface area contributed by atoms with Gasteiger partial charge < -0.3 is 36.1 Å². The molecule has 5 rings (SSSR count). The van der Waals surface area contributed by atoms with Crippen molar-refractivity contribution >= 4 is 0 Å². The molecule has 0 bridgehead atoms. The maximum atomic E-state index is 11.2. The Bertz CT molecular complexity index is 1370. The average Bonchev–Trinajstić information content (AvgIpc) is 3.62. The average molecular weight is 630 g/mol. The number of aromatic nitrogens is 1. The van der Waals surface area contributed by atoms with Crippen LogP contribution >= 0.6 is 0 Å². The van der Waals surface area contributed by atoms with E-state index in [9.17, 15) is 15.3 Å². The standard InChI is InChI=1S/C39H55N3O4/c1-2-28-10-4-5-13-33(43)31(12-8-11-28)34(44)17-15-29-16-18-35(45)36(26-29)46-25-20-32(30-19-24-42-38(40)27-30)39(21-6-3-7-22-39)37-14-9-23-41-37/h9,14,16,18-19,23,26-28,31-34,41-45H,2-7,10,12-13,15,17,20-22,24-25,40H2,1H3. The number of H-pyrrole nitrogens is 1. The molecule has 0 radical (unpaired) electrons. The molecule has 7 heteroatoms. The Labute approximate surface area is 275 Å². The first kappa shape index (κ1) is 34.0. The quantitative estimate of drug-likeness (QED) is 0.147. The van der Waals surface area contributed by atoms with E-state index >= 15 is 0 Å². The molecule has 1 fully saturated rings. The topological polar surface area (TPSA) is 124 Å². The van der Waals surface area contributed by atoms with Gasteiger partial charge in [-0.3, -0.25) is 0 Å². The number of nitrogens with two attached hydrogens (primary N) is 1. The van der Waals surface area contributed by atoms with Crippen LogP contribution in [-0.2, 0) is 11.8 Å². The number of aromatic hydroxyl groups is 1. The summed E-state index contributed by atoms with van der Waals surface area (Å²) in [5.41, 5.74) is 9.75. The van der Waals surface area contributed by atoms with Crippen molar-refractivity contribution in [2.24, 2.45) is 23.5 Å². The first-order valence-corrected chi connectivity index (χ1v) is 17.7. The van der Waals surface area contributed by atoms with E-state index in [1.165, 1.54) is 30.5 Å². The monoisotopic (exact) mass is 629 g/mol. The lowest BCUT2D eigenvalue weighted by molar-refractivity contribution is 0.00559. The van der Waals surface area contributed by atoms with Crippen LogP contribution in [0.5, 0.6) is 11.5 Å². The number of aromatic amines is 1. The minimum Gasteiger partial charge on any atom is -0.504 e.